The highest BCUT2D eigenvalue weighted by Gasteiger charge is 2.42. The van der Waals surface area contributed by atoms with Crippen LogP contribution >= 0.6 is 12.4 Å². The van der Waals surface area contributed by atoms with Gasteiger partial charge in [-0.1, -0.05) is 81.4 Å². The van der Waals surface area contributed by atoms with Gasteiger partial charge >= 0.3 is 0 Å². The van der Waals surface area contributed by atoms with E-state index in [1.54, 1.807) is 39.0 Å². The molecule has 1 heterocycles. The van der Waals surface area contributed by atoms with Crippen molar-refractivity contribution < 1.29 is 18.8 Å². The number of nitrogens with one attached hydrogen (secondary N) is 3. The van der Waals surface area contributed by atoms with Crippen molar-refractivity contribution in [2.75, 3.05) is 19.6 Å². The molecule has 0 unspecified atom stereocenters. The molecule has 0 radical (unpaired) electrons. The molecule has 3 N–H and O–H groups in total. The second-order valence-corrected chi connectivity index (χ2v) is 11.7. The lowest BCUT2D eigenvalue weighted by molar-refractivity contribution is -0.157. The molecule has 42 heavy (non-hydrogen) atoms. The van der Waals surface area contributed by atoms with Crippen LogP contribution in [0.1, 0.15) is 51.2 Å². The number of nitrogens with zero attached hydrogens (tertiary/aromatic N) is 1. The average Bonchev–Trinajstić information content (AvgIpc) is 3.50. The van der Waals surface area contributed by atoms with Gasteiger partial charge < -0.3 is 16.0 Å². The Morgan fingerprint density at radius 2 is 1.71 bits per heavy atom. The second-order valence-electron chi connectivity index (χ2n) is 11.7. The number of hydrogen-bond acceptors (Lipinski definition) is 5. The molecular formula is C33H42ClFN4O3. The largest absolute Gasteiger partial charge is 0.354 e. The van der Waals surface area contributed by atoms with Crippen LogP contribution in [0.25, 0.3) is 10.8 Å². The van der Waals surface area contributed by atoms with Crippen molar-refractivity contribution in [3.05, 3.63) is 83.7 Å². The summed E-state index contributed by atoms with van der Waals surface area (Å²) in [5.41, 5.74) is 0.601. The summed E-state index contributed by atoms with van der Waals surface area (Å²) in [5.74, 6) is -1.34. The number of imide groups is 1. The summed E-state index contributed by atoms with van der Waals surface area (Å²) in [7, 11) is 0. The van der Waals surface area contributed by atoms with Gasteiger partial charge in [-0.3, -0.25) is 19.3 Å². The van der Waals surface area contributed by atoms with Gasteiger partial charge in [0, 0.05) is 30.5 Å². The Kier molecular flexibility index (Phi) is 12.0. The van der Waals surface area contributed by atoms with Gasteiger partial charge in [0.05, 0.1) is 6.04 Å². The van der Waals surface area contributed by atoms with Gasteiger partial charge in [0.2, 0.25) is 17.7 Å². The van der Waals surface area contributed by atoms with Crippen LogP contribution in [0.15, 0.2) is 66.7 Å². The molecule has 3 aromatic carbocycles. The van der Waals surface area contributed by atoms with Crippen molar-refractivity contribution in [2.24, 2.45) is 5.41 Å². The fourth-order valence-corrected chi connectivity index (χ4v) is 5.12. The molecule has 1 fully saturated rings. The first-order chi connectivity index (χ1) is 19.6. The topological polar surface area (TPSA) is 90.5 Å². The predicted octanol–water partition coefficient (Wildman–Crippen LogP) is 4.76. The van der Waals surface area contributed by atoms with Crippen molar-refractivity contribution >= 4 is 40.9 Å². The Morgan fingerprint density at radius 3 is 2.40 bits per heavy atom. The van der Waals surface area contributed by atoms with Gasteiger partial charge in [0.1, 0.15) is 11.9 Å². The summed E-state index contributed by atoms with van der Waals surface area (Å²) in [6.45, 7) is 7.32. The van der Waals surface area contributed by atoms with Crippen LogP contribution in [0.4, 0.5) is 4.39 Å². The highest BCUT2D eigenvalue weighted by atomic mass is 35.5. The van der Waals surface area contributed by atoms with E-state index in [0.717, 1.165) is 22.8 Å². The van der Waals surface area contributed by atoms with E-state index in [4.69, 9.17) is 0 Å². The quantitative estimate of drug-likeness (QED) is 0.278. The van der Waals surface area contributed by atoms with Crippen LogP contribution in [0, 0.1) is 11.2 Å². The van der Waals surface area contributed by atoms with Crippen molar-refractivity contribution in [1.82, 2.24) is 20.9 Å². The minimum atomic E-state index is -0.996. The third-order valence-electron chi connectivity index (χ3n) is 7.42. The molecule has 0 aromatic heterocycles. The number of amides is 3. The van der Waals surface area contributed by atoms with Crippen LogP contribution in [0.5, 0.6) is 0 Å². The molecule has 4 rings (SSSR count). The van der Waals surface area contributed by atoms with E-state index in [9.17, 15) is 18.8 Å². The SMILES string of the molecule is CC(C)(C)C(=O)N(C(=O)[C@@H]1CCCN1)[C@H](Cc1ccc2ccccc2c1)C(=O)NCCCNCc1ccccc1F.Cl. The highest BCUT2D eigenvalue weighted by Crippen LogP contribution is 2.25. The van der Waals surface area contributed by atoms with Gasteiger partial charge in [-0.2, -0.15) is 0 Å². The fourth-order valence-electron chi connectivity index (χ4n) is 5.12. The van der Waals surface area contributed by atoms with Gasteiger partial charge in [-0.05, 0) is 54.8 Å². The van der Waals surface area contributed by atoms with E-state index in [2.05, 4.69) is 16.0 Å². The standard InChI is InChI=1S/C33H41FN4O3.ClH/c1-33(2,3)32(41)38(31(40)28-14-8-18-36-28)29(21-23-15-16-24-10-4-5-11-25(24)20-23)30(39)37-19-9-17-35-22-26-12-6-7-13-27(26)34;/h4-7,10-13,15-16,20,28-29,35-36H,8-9,14,17-19,21-22H2,1-3H3,(H,37,39);1H/t28-,29+;/m0./s1. The third kappa shape index (κ3) is 8.60. The van der Waals surface area contributed by atoms with Gasteiger partial charge in [0.25, 0.3) is 0 Å². The molecule has 2 atom stereocenters. The van der Waals surface area contributed by atoms with Crippen molar-refractivity contribution in [3.8, 4) is 0 Å². The molecule has 1 aliphatic rings. The Labute approximate surface area is 254 Å². The van der Waals surface area contributed by atoms with Crippen molar-refractivity contribution in [2.45, 2.75) is 65.1 Å². The maximum Gasteiger partial charge on any atom is 0.247 e. The third-order valence-corrected chi connectivity index (χ3v) is 7.42. The van der Waals surface area contributed by atoms with Crippen LogP contribution in [-0.2, 0) is 27.3 Å². The summed E-state index contributed by atoms with van der Waals surface area (Å²) in [4.78, 5) is 42.5. The number of hydrogen-bond donors (Lipinski definition) is 3. The number of rotatable bonds is 11. The lowest BCUT2D eigenvalue weighted by Crippen LogP contribution is -2.59. The zero-order valence-corrected chi connectivity index (χ0v) is 25.4. The number of carbonyl (C=O) groups is 3. The molecule has 9 heteroatoms. The molecule has 0 aliphatic carbocycles. The second kappa shape index (κ2) is 15.2. The average molecular weight is 597 g/mol. The Hall–Kier alpha value is -3.33. The van der Waals surface area contributed by atoms with Crippen LogP contribution in [0.2, 0.25) is 0 Å². The minimum Gasteiger partial charge on any atom is -0.354 e. The Morgan fingerprint density at radius 1 is 1.00 bits per heavy atom. The number of fused-ring (bicyclic) bond motifs is 1. The molecule has 1 aliphatic heterocycles. The first kappa shape index (κ1) is 33.2. The molecule has 3 aromatic rings. The molecule has 3 amide bonds. The summed E-state index contributed by atoms with van der Waals surface area (Å²) < 4.78 is 13.9. The zero-order valence-electron chi connectivity index (χ0n) is 24.6. The van der Waals surface area contributed by atoms with Crippen LogP contribution < -0.4 is 16.0 Å². The molecule has 7 nitrogen and oxygen atoms in total. The molecule has 0 spiro atoms. The van der Waals surface area contributed by atoms with E-state index in [1.165, 1.54) is 11.0 Å². The Balaban J connectivity index is 0.00000484. The zero-order chi connectivity index (χ0) is 29.4. The maximum atomic E-state index is 13.9. The van der Waals surface area contributed by atoms with Crippen LogP contribution in [-0.4, -0.2) is 54.3 Å². The van der Waals surface area contributed by atoms with E-state index in [0.29, 0.717) is 44.6 Å². The minimum absolute atomic E-state index is 0. The van der Waals surface area contributed by atoms with Crippen molar-refractivity contribution in [3.63, 3.8) is 0 Å². The van der Waals surface area contributed by atoms with E-state index >= 15 is 0 Å². The molecular weight excluding hydrogens is 555 g/mol. The molecule has 0 saturated carbocycles. The Bertz CT molecular complexity index is 1370. The van der Waals surface area contributed by atoms with Crippen LogP contribution in [0.3, 0.4) is 0 Å². The van der Waals surface area contributed by atoms with E-state index in [1.807, 2.05) is 42.5 Å². The summed E-state index contributed by atoms with van der Waals surface area (Å²) >= 11 is 0. The monoisotopic (exact) mass is 596 g/mol. The van der Waals surface area contributed by atoms with Gasteiger partial charge in [-0.15, -0.1) is 12.4 Å². The van der Waals surface area contributed by atoms with Gasteiger partial charge in [-0.25, -0.2) is 4.39 Å². The molecule has 226 valence electrons. The molecule has 1 saturated heterocycles. The maximum absolute atomic E-state index is 13.9. The summed E-state index contributed by atoms with van der Waals surface area (Å²) in [6, 6.07) is 19.1. The highest BCUT2D eigenvalue weighted by molar-refractivity contribution is 6.04. The number of benzene rings is 3. The predicted molar refractivity (Wildman–Crippen MR) is 167 cm³/mol. The first-order valence-corrected chi connectivity index (χ1v) is 14.5. The number of halogens is 2. The van der Waals surface area contributed by atoms with E-state index < -0.39 is 17.5 Å². The lowest BCUT2D eigenvalue weighted by Gasteiger charge is -2.35. The normalized spacial score (nSPS) is 15.6. The van der Waals surface area contributed by atoms with E-state index in [-0.39, 0.29) is 42.4 Å². The smallest absolute Gasteiger partial charge is 0.247 e. The number of carbonyl (C=O) groups excluding carboxylic acids is 3. The first-order valence-electron chi connectivity index (χ1n) is 14.5. The summed E-state index contributed by atoms with van der Waals surface area (Å²) in [5, 5.41) is 11.5. The fraction of sp³-hybridized carbons (Fsp3) is 0.424. The van der Waals surface area contributed by atoms with Gasteiger partial charge in [0.15, 0.2) is 0 Å². The lowest BCUT2D eigenvalue weighted by atomic mass is 9.91. The molecule has 0 bridgehead atoms. The summed E-state index contributed by atoms with van der Waals surface area (Å²) in [6.07, 6.45) is 2.29. The van der Waals surface area contributed by atoms with Crippen molar-refractivity contribution in [1.29, 1.82) is 0 Å².